The summed E-state index contributed by atoms with van der Waals surface area (Å²) < 4.78 is 5.66. The molecule has 1 spiro atoms. The minimum atomic E-state index is -0.0567. The summed E-state index contributed by atoms with van der Waals surface area (Å²) in [5.74, 6) is 0.0760. The van der Waals surface area contributed by atoms with E-state index in [1.807, 2.05) is 4.90 Å². The summed E-state index contributed by atoms with van der Waals surface area (Å²) in [6.45, 7) is 6.34. The molecule has 2 aromatic rings. The minimum absolute atomic E-state index is 0.0271. The highest BCUT2D eigenvalue weighted by atomic mass is 16.5. The molecule has 1 fully saturated rings. The van der Waals surface area contributed by atoms with Crippen LogP contribution in [0.4, 0.5) is 5.69 Å². The zero-order valence-electron chi connectivity index (χ0n) is 17.9. The second kappa shape index (κ2) is 8.60. The first-order valence-electron chi connectivity index (χ1n) is 10.8. The number of nitrogens with zero attached hydrogens (tertiary/aromatic N) is 1. The molecule has 0 aromatic heterocycles. The third-order valence-corrected chi connectivity index (χ3v) is 6.36. The first-order chi connectivity index (χ1) is 14.5. The second-order valence-corrected chi connectivity index (χ2v) is 8.56. The Hall–Kier alpha value is -2.66. The van der Waals surface area contributed by atoms with Gasteiger partial charge in [-0.25, -0.2) is 0 Å². The highest BCUT2D eigenvalue weighted by Crippen LogP contribution is 2.48. The predicted molar refractivity (Wildman–Crippen MR) is 119 cm³/mol. The third kappa shape index (κ3) is 4.12. The Morgan fingerprint density at radius 3 is 2.60 bits per heavy atom. The fourth-order valence-corrected chi connectivity index (χ4v) is 4.72. The molecule has 2 heterocycles. The van der Waals surface area contributed by atoms with E-state index in [9.17, 15) is 9.59 Å². The van der Waals surface area contributed by atoms with Gasteiger partial charge in [-0.2, -0.15) is 0 Å². The number of carbonyl (C=O) groups excluding carboxylic acids is 2. The Bertz CT molecular complexity index is 947. The molecule has 1 N–H and O–H groups in total. The van der Waals surface area contributed by atoms with Crippen molar-refractivity contribution in [2.45, 2.75) is 44.9 Å². The Morgan fingerprint density at radius 1 is 1.10 bits per heavy atom. The molecule has 0 radical (unpaired) electrons. The predicted octanol–water partition coefficient (Wildman–Crippen LogP) is 3.97. The van der Waals surface area contributed by atoms with Crippen LogP contribution in [0.2, 0.25) is 0 Å². The lowest BCUT2D eigenvalue weighted by molar-refractivity contribution is -0.120. The number of rotatable bonds is 5. The first-order valence-corrected chi connectivity index (χ1v) is 10.8. The van der Waals surface area contributed by atoms with Crippen molar-refractivity contribution in [3.8, 4) is 11.1 Å². The molecule has 0 bridgehead atoms. The van der Waals surface area contributed by atoms with E-state index in [2.05, 4.69) is 54.7 Å². The highest BCUT2D eigenvalue weighted by Gasteiger charge is 2.45. The van der Waals surface area contributed by atoms with Gasteiger partial charge in [-0.1, -0.05) is 35.9 Å². The lowest BCUT2D eigenvalue weighted by atomic mass is 9.75. The number of hydrogen-bond donors (Lipinski definition) is 1. The molecule has 5 heteroatoms. The summed E-state index contributed by atoms with van der Waals surface area (Å²) in [6.07, 6.45) is 2.97. The molecule has 1 saturated heterocycles. The van der Waals surface area contributed by atoms with Crippen molar-refractivity contribution in [2.75, 3.05) is 31.2 Å². The lowest BCUT2D eigenvalue weighted by Crippen LogP contribution is -2.40. The van der Waals surface area contributed by atoms with E-state index in [0.717, 1.165) is 38.3 Å². The highest BCUT2D eigenvalue weighted by molar-refractivity contribution is 5.97. The maximum atomic E-state index is 13.1. The van der Waals surface area contributed by atoms with Gasteiger partial charge in [0.15, 0.2) is 0 Å². The van der Waals surface area contributed by atoms with E-state index in [1.165, 1.54) is 29.2 Å². The van der Waals surface area contributed by atoms with Crippen LogP contribution < -0.4 is 10.2 Å². The Kier molecular flexibility index (Phi) is 5.91. The van der Waals surface area contributed by atoms with Gasteiger partial charge in [0.25, 0.3) is 0 Å². The van der Waals surface area contributed by atoms with Gasteiger partial charge in [0.1, 0.15) is 0 Å². The molecule has 2 aliphatic rings. The van der Waals surface area contributed by atoms with Crippen LogP contribution in [0.1, 0.15) is 43.7 Å². The molecule has 2 amide bonds. The minimum Gasteiger partial charge on any atom is -0.381 e. The quantitative estimate of drug-likeness (QED) is 0.765. The Morgan fingerprint density at radius 2 is 1.87 bits per heavy atom. The summed E-state index contributed by atoms with van der Waals surface area (Å²) in [5, 5.41) is 2.77. The summed E-state index contributed by atoms with van der Waals surface area (Å²) in [7, 11) is 0. The summed E-state index contributed by atoms with van der Waals surface area (Å²) in [6, 6.07) is 15.1. The van der Waals surface area contributed by atoms with Crippen molar-refractivity contribution in [2.24, 2.45) is 0 Å². The standard InChI is InChI=1S/C25H30N2O3/c1-18-5-3-6-20(15-18)21-8-9-23-22(16-21)25(10-13-30-14-11-25)17-27(23)24(29)7-4-12-26-19(2)28/h3,5-6,8-9,15-16H,4,7,10-14,17H2,1-2H3,(H,26,28). The van der Waals surface area contributed by atoms with Crippen molar-refractivity contribution in [3.05, 3.63) is 53.6 Å². The van der Waals surface area contributed by atoms with E-state index in [-0.39, 0.29) is 17.2 Å². The zero-order valence-corrected chi connectivity index (χ0v) is 17.9. The number of amides is 2. The van der Waals surface area contributed by atoms with Crippen LogP contribution in [0.15, 0.2) is 42.5 Å². The molecule has 0 aliphatic carbocycles. The van der Waals surface area contributed by atoms with E-state index < -0.39 is 0 Å². The van der Waals surface area contributed by atoms with E-state index in [4.69, 9.17) is 4.74 Å². The Labute approximate surface area is 178 Å². The number of hydrogen-bond acceptors (Lipinski definition) is 3. The van der Waals surface area contributed by atoms with Crippen LogP contribution in [-0.2, 0) is 19.7 Å². The fraction of sp³-hybridized carbons (Fsp3) is 0.440. The monoisotopic (exact) mass is 406 g/mol. The van der Waals surface area contributed by atoms with Crippen LogP contribution in [0.25, 0.3) is 11.1 Å². The summed E-state index contributed by atoms with van der Waals surface area (Å²) >= 11 is 0. The van der Waals surface area contributed by atoms with Crippen LogP contribution in [0.5, 0.6) is 0 Å². The second-order valence-electron chi connectivity index (χ2n) is 8.56. The maximum absolute atomic E-state index is 13.1. The molecule has 0 unspecified atom stereocenters. The number of fused-ring (bicyclic) bond motifs is 2. The number of benzene rings is 2. The number of carbonyl (C=O) groups is 2. The molecule has 158 valence electrons. The van der Waals surface area contributed by atoms with Crippen molar-refractivity contribution in [3.63, 3.8) is 0 Å². The molecule has 4 rings (SSSR count). The number of nitrogens with one attached hydrogen (secondary N) is 1. The smallest absolute Gasteiger partial charge is 0.227 e. The molecular weight excluding hydrogens is 376 g/mol. The van der Waals surface area contributed by atoms with Gasteiger partial charge < -0.3 is 15.0 Å². The van der Waals surface area contributed by atoms with Gasteiger partial charge in [-0.05, 0) is 55.0 Å². The van der Waals surface area contributed by atoms with Crippen LogP contribution in [-0.4, -0.2) is 38.1 Å². The van der Waals surface area contributed by atoms with Gasteiger partial charge in [0, 0.05) is 50.8 Å². The molecule has 2 aliphatic heterocycles. The van der Waals surface area contributed by atoms with E-state index in [1.54, 1.807) is 0 Å². The molecule has 30 heavy (non-hydrogen) atoms. The molecule has 5 nitrogen and oxygen atoms in total. The third-order valence-electron chi connectivity index (χ3n) is 6.36. The zero-order chi connectivity index (χ0) is 21.1. The van der Waals surface area contributed by atoms with Crippen molar-refractivity contribution in [1.82, 2.24) is 5.32 Å². The molecular formula is C25H30N2O3. The molecule has 0 atom stereocenters. The van der Waals surface area contributed by atoms with Crippen molar-refractivity contribution in [1.29, 1.82) is 0 Å². The number of anilines is 1. The SMILES string of the molecule is CC(=O)NCCCC(=O)N1CC2(CCOCC2)c2cc(-c3cccc(C)c3)ccc21. The van der Waals surface area contributed by atoms with Crippen molar-refractivity contribution < 1.29 is 14.3 Å². The van der Waals surface area contributed by atoms with Crippen molar-refractivity contribution >= 4 is 17.5 Å². The average molecular weight is 407 g/mol. The normalized spacial score (nSPS) is 17.1. The maximum Gasteiger partial charge on any atom is 0.227 e. The topological polar surface area (TPSA) is 58.6 Å². The first kappa shape index (κ1) is 20.6. The van der Waals surface area contributed by atoms with Gasteiger partial charge in [-0.3, -0.25) is 9.59 Å². The lowest BCUT2D eigenvalue weighted by Gasteiger charge is -2.34. The molecule has 0 saturated carbocycles. The fourth-order valence-electron chi connectivity index (χ4n) is 4.72. The van der Waals surface area contributed by atoms with Crippen LogP contribution in [0, 0.1) is 6.92 Å². The average Bonchev–Trinajstić information content (AvgIpc) is 3.05. The summed E-state index contributed by atoms with van der Waals surface area (Å²) in [5.41, 5.74) is 5.94. The van der Waals surface area contributed by atoms with Crippen LogP contribution >= 0.6 is 0 Å². The van der Waals surface area contributed by atoms with E-state index in [0.29, 0.717) is 19.4 Å². The van der Waals surface area contributed by atoms with E-state index >= 15 is 0 Å². The summed E-state index contributed by atoms with van der Waals surface area (Å²) in [4.78, 5) is 26.1. The van der Waals surface area contributed by atoms with Gasteiger partial charge in [-0.15, -0.1) is 0 Å². The Balaban J connectivity index is 1.62. The molecule has 2 aromatic carbocycles. The van der Waals surface area contributed by atoms with Gasteiger partial charge in [0.05, 0.1) is 0 Å². The largest absolute Gasteiger partial charge is 0.381 e. The number of aryl methyl sites for hydroxylation is 1. The van der Waals surface area contributed by atoms with Gasteiger partial charge in [0.2, 0.25) is 11.8 Å². The van der Waals surface area contributed by atoms with Crippen LogP contribution in [0.3, 0.4) is 0 Å². The van der Waals surface area contributed by atoms with Gasteiger partial charge >= 0.3 is 0 Å². The number of ether oxygens (including phenoxy) is 1.